The van der Waals surface area contributed by atoms with E-state index in [1.165, 1.54) is 31.4 Å². The van der Waals surface area contributed by atoms with E-state index in [0.29, 0.717) is 12.0 Å². The van der Waals surface area contributed by atoms with Gasteiger partial charge in [-0.25, -0.2) is 0 Å². The molecule has 2 aromatic carbocycles. The predicted molar refractivity (Wildman–Crippen MR) is 87.1 cm³/mol. The number of hydrogen-bond donors (Lipinski definition) is 1. The number of alkyl halides is 3. The van der Waals surface area contributed by atoms with Crippen molar-refractivity contribution < 1.29 is 27.6 Å². The Balaban J connectivity index is 1.97. The summed E-state index contributed by atoms with van der Waals surface area (Å²) >= 11 is 0. The smallest absolute Gasteiger partial charge is 0.416 e. The van der Waals surface area contributed by atoms with Crippen LogP contribution < -0.4 is 10.1 Å². The van der Waals surface area contributed by atoms with Gasteiger partial charge in [0.05, 0.1) is 17.6 Å². The van der Waals surface area contributed by atoms with Gasteiger partial charge in [-0.05, 0) is 36.2 Å². The first-order valence-corrected chi connectivity index (χ1v) is 7.49. The minimum Gasteiger partial charge on any atom is -0.490 e. The van der Waals surface area contributed by atoms with Crippen LogP contribution in [0.4, 0.5) is 18.9 Å². The zero-order chi connectivity index (χ0) is 19.3. The third-order valence-corrected chi connectivity index (χ3v) is 3.62. The number of nitro benzene ring substituents is 1. The number of hydrogen-bond acceptors (Lipinski definition) is 4. The van der Waals surface area contributed by atoms with Gasteiger partial charge in [0.1, 0.15) is 0 Å². The van der Waals surface area contributed by atoms with Crippen LogP contribution in [0.1, 0.15) is 21.5 Å². The van der Waals surface area contributed by atoms with Gasteiger partial charge in [0, 0.05) is 18.2 Å². The van der Waals surface area contributed by atoms with E-state index in [0.717, 1.165) is 18.2 Å². The van der Waals surface area contributed by atoms with Crippen LogP contribution >= 0.6 is 0 Å². The first-order chi connectivity index (χ1) is 12.2. The van der Waals surface area contributed by atoms with Crippen LogP contribution in [-0.2, 0) is 12.6 Å². The highest BCUT2D eigenvalue weighted by atomic mass is 19.4. The molecule has 6 nitrogen and oxygen atoms in total. The van der Waals surface area contributed by atoms with Gasteiger partial charge in [-0.15, -0.1) is 0 Å². The highest BCUT2D eigenvalue weighted by Gasteiger charge is 2.29. The molecule has 0 saturated heterocycles. The number of carbonyl (C=O) groups excluding carboxylic acids is 1. The van der Waals surface area contributed by atoms with Gasteiger partial charge >= 0.3 is 11.9 Å². The average molecular weight is 368 g/mol. The Morgan fingerprint density at radius 2 is 1.85 bits per heavy atom. The molecular formula is C17H15F3N2O4. The molecule has 2 rings (SSSR count). The lowest BCUT2D eigenvalue weighted by atomic mass is 10.1. The summed E-state index contributed by atoms with van der Waals surface area (Å²) in [6, 6.07) is 8.45. The molecule has 0 spiro atoms. The number of nitrogens with one attached hydrogen (secondary N) is 1. The summed E-state index contributed by atoms with van der Waals surface area (Å²) in [6.07, 6.45) is -4.07. The molecule has 1 amide bonds. The van der Waals surface area contributed by atoms with Gasteiger partial charge in [0.25, 0.3) is 5.91 Å². The number of nitrogens with zero attached hydrogens (tertiary/aromatic N) is 1. The molecule has 0 aliphatic heterocycles. The van der Waals surface area contributed by atoms with E-state index in [9.17, 15) is 28.1 Å². The van der Waals surface area contributed by atoms with Crippen molar-refractivity contribution in [3.05, 3.63) is 69.3 Å². The second kappa shape index (κ2) is 7.85. The lowest BCUT2D eigenvalue weighted by Crippen LogP contribution is -2.25. The van der Waals surface area contributed by atoms with Crippen LogP contribution in [0.2, 0.25) is 0 Å². The SMILES string of the molecule is COc1ccc(C(=O)NCCc2ccc(C(F)(F)F)cc2)cc1[N+](=O)[O-]. The molecule has 0 heterocycles. The van der Waals surface area contributed by atoms with Gasteiger partial charge in [0.2, 0.25) is 0 Å². The van der Waals surface area contributed by atoms with Crippen molar-refractivity contribution in [2.45, 2.75) is 12.6 Å². The molecule has 26 heavy (non-hydrogen) atoms. The number of amides is 1. The fourth-order valence-corrected chi connectivity index (χ4v) is 2.26. The van der Waals surface area contributed by atoms with Crippen molar-refractivity contribution in [2.24, 2.45) is 0 Å². The predicted octanol–water partition coefficient (Wildman–Crippen LogP) is 3.59. The first kappa shape index (κ1) is 19.2. The largest absolute Gasteiger partial charge is 0.490 e. The molecule has 0 fully saturated rings. The summed E-state index contributed by atoms with van der Waals surface area (Å²) in [7, 11) is 1.28. The van der Waals surface area contributed by atoms with Crippen molar-refractivity contribution in [2.75, 3.05) is 13.7 Å². The summed E-state index contributed by atoms with van der Waals surface area (Å²) in [4.78, 5) is 22.4. The van der Waals surface area contributed by atoms with Crippen molar-refractivity contribution in [1.82, 2.24) is 5.32 Å². The molecule has 0 bridgehead atoms. The first-order valence-electron chi connectivity index (χ1n) is 7.49. The molecule has 0 aliphatic carbocycles. The maximum atomic E-state index is 12.5. The van der Waals surface area contributed by atoms with E-state index < -0.39 is 22.6 Å². The van der Waals surface area contributed by atoms with Gasteiger partial charge < -0.3 is 10.1 Å². The molecule has 0 unspecified atom stereocenters. The zero-order valence-corrected chi connectivity index (χ0v) is 13.7. The summed E-state index contributed by atoms with van der Waals surface area (Å²) in [5, 5.41) is 13.5. The second-order valence-corrected chi connectivity index (χ2v) is 5.34. The second-order valence-electron chi connectivity index (χ2n) is 5.34. The summed E-state index contributed by atoms with van der Waals surface area (Å²) in [5.41, 5.74) is -0.359. The summed E-state index contributed by atoms with van der Waals surface area (Å²) < 4.78 is 42.3. The minimum atomic E-state index is -4.39. The van der Waals surface area contributed by atoms with Gasteiger partial charge in [-0.3, -0.25) is 14.9 Å². The monoisotopic (exact) mass is 368 g/mol. The normalized spacial score (nSPS) is 11.1. The van der Waals surface area contributed by atoms with Gasteiger partial charge in [-0.2, -0.15) is 13.2 Å². The average Bonchev–Trinajstić information content (AvgIpc) is 2.60. The number of benzene rings is 2. The number of ether oxygens (including phenoxy) is 1. The third-order valence-electron chi connectivity index (χ3n) is 3.62. The maximum absolute atomic E-state index is 12.5. The Hall–Kier alpha value is -3.10. The molecule has 0 radical (unpaired) electrons. The number of methoxy groups -OCH3 is 1. The van der Waals surface area contributed by atoms with Crippen LogP contribution in [-0.4, -0.2) is 24.5 Å². The highest BCUT2D eigenvalue weighted by molar-refractivity contribution is 5.95. The third kappa shape index (κ3) is 4.71. The quantitative estimate of drug-likeness (QED) is 0.624. The van der Waals surface area contributed by atoms with E-state index in [2.05, 4.69) is 5.32 Å². The van der Waals surface area contributed by atoms with E-state index in [1.54, 1.807) is 0 Å². The standard InChI is InChI=1S/C17H15F3N2O4/c1-26-15-7-4-12(10-14(15)22(24)25)16(23)21-9-8-11-2-5-13(6-3-11)17(18,19)20/h2-7,10H,8-9H2,1H3,(H,21,23). The van der Waals surface area contributed by atoms with Crippen LogP contribution in [0.3, 0.4) is 0 Å². The Labute approximate surface area is 146 Å². The Morgan fingerprint density at radius 1 is 1.19 bits per heavy atom. The van der Waals surface area contributed by atoms with E-state index in [4.69, 9.17) is 4.74 Å². The number of rotatable bonds is 6. The maximum Gasteiger partial charge on any atom is 0.416 e. The van der Waals surface area contributed by atoms with Crippen LogP contribution in [0, 0.1) is 10.1 Å². The highest BCUT2D eigenvalue weighted by Crippen LogP contribution is 2.29. The van der Waals surface area contributed by atoms with E-state index >= 15 is 0 Å². The molecular weight excluding hydrogens is 353 g/mol. The molecule has 0 saturated carbocycles. The van der Waals surface area contributed by atoms with Crippen LogP contribution in [0.5, 0.6) is 5.75 Å². The molecule has 0 atom stereocenters. The minimum absolute atomic E-state index is 0.0382. The molecule has 138 valence electrons. The van der Waals surface area contributed by atoms with Gasteiger partial charge in [0.15, 0.2) is 5.75 Å². The molecule has 1 N–H and O–H groups in total. The van der Waals surface area contributed by atoms with Crippen molar-refractivity contribution in [3.63, 3.8) is 0 Å². The molecule has 9 heteroatoms. The van der Waals surface area contributed by atoms with E-state index in [-0.39, 0.29) is 23.5 Å². The van der Waals surface area contributed by atoms with Crippen LogP contribution in [0.15, 0.2) is 42.5 Å². The molecule has 0 aliphatic rings. The van der Waals surface area contributed by atoms with Crippen molar-refractivity contribution in [1.29, 1.82) is 0 Å². The lowest BCUT2D eigenvalue weighted by Gasteiger charge is -2.09. The number of nitro groups is 1. The topological polar surface area (TPSA) is 81.5 Å². The van der Waals surface area contributed by atoms with E-state index in [1.807, 2.05) is 0 Å². The summed E-state index contributed by atoms with van der Waals surface area (Å²) in [5.74, 6) is -0.487. The van der Waals surface area contributed by atoms with Crippen molar-refractivity contribution in [3.8, 4) is 5.75 Å². The molecule has 2 aromatic rings. The zero-order valence-electron chi connectivity index (χ0n) is 13.7. The summed E-state index contributed by atoms with van der Waals surface area (Å²) in [6.45, 7) is 0.171. The fourth-order valence-electron chi connectivity index (χ4n) is 2.26. The number of carbonyl (C=O) groups is 1. The Morgan fingerprint density at radius 3 is 2.38 bits per heavy atom. The molecule has 0 aromatic heterocycles. The lowest BCUT2D eigenvalue weighted by molar-refractivity contribution is -0.385. The van der Waals surface area contributed by atoms with Crippen LogP contribution in [0.25, 0.3) is 0 Å². The van der Waals surface area contributed by atoms with Gasteiger partial charge in [-0.1, -0.05) is 12.1 Å². The fraction of sp³-hybridized carbons (Fsp3) is 0.235. The number of halogens is 3. The Bertz CT molecular complexity index is 805. The van der Waals surface area contributed by atoms with Crippen molar-refractivity contribution >= 4 is 11.6 Å². The Kier molecular flexibility index (Phi) is 5.81.